The third-order valence-corrected chi connectivity index (χ3v) is 2.11. The molecule has 1 aliphatic carbocycles. The number of nitrogens with one attached hydrogen (secondary N) is 1. The fourth-order valence-corrected chi connectivity index (χ4v) is 1.21. The van der Waals surface area contributed by atoms with Crippen molar-refractivity contribution < 1.29 is 8.78 Å². The summed E-state index contributed by atoms with van der Waals surface area (Å²) in [6, 6.07) is 0. The Morgan fingerprint density at radius 3 is 2.40 bits per heavy atom. The van der Waals surface area contributed by atoms with Crippen LogP contribution in [-0.2, 0) is 0 Å². The number of hydrogen-bond acceptors (Lipinski definition) is 1. The second-order valence-electron chi connectivity index (χ2n) is 2.92. The van der Waals surface area contributed by atoms with E-state index in [1.807, 2.05) is 0 Å². The molecule has 1 aliphatic rings. The van der Waals surface area contributed by atoms with E-state index >= 15 is 0 Å². The molecule has 1 rings (SSSR count). The Hall–Kier alpha value is -0.180. The first-order valence-electron chi connectivity index (χ1n) is 3.69. The van der Waals surface area contributed by atoms with Gasteiger partial charge in [0.2, 0.25) is 0 Å². The molecule has 0 aromatic carbocycles. The largest absolute Gasteiger partial charge is 0.314 e. The van der Waals surface area contributed by atoms with Crippen LogP contribution in [0.4, 0.5) is 8.78 Å². The standard InChI is InChI=1S/C7H13F2N/c1-10-5-7(8,9)6-3-2-4-6/h6,10H,2-5H2,1H3. The maximum Gasteiger partial charge on any atom is 0.263 e. The Balaban J connectivity index is 2.33. The van der Waals surface area contributed by atoms with Crippen LogP contribution in [0, 0.1) is 5.92 Å². The van der Waals surface area contributed by atoms with Gasteiger partial charge in [-0.3, -0.25) is 0 Å². The smallest absolute Gasteiger partial charge is 0.263 e. The highest BCUT2D eigenvalue weighted by Crippen LogP contribution is 2.39. The van der Waals surface area contributed by atoms with Crippen LogP contribution in [0.3, 0.4) is 0 Å². The third-order valence-electron chi connectivity index (χ3n) is 2.11. The number of rotatable bonds is 3. The van der Waals surface area contributed by atoms with Crippen molar-refractivity contribution in [1.82, 2.24) is 5.32 Å². The lowest BCUT2D eigenvalue weighted by atomic mass is 9.80. The lowest BCUT2D eigenvalue weighted by Gasteiger charge is -2.33. The van der Waals surface area contributed by atoms with Gasteiger partial charge in [-0.15, -0.1) is 0 Å². The predicted octanol–water partition coefficient (Wildman–Crippen LogP) is 1.64. The zero-order chi connectivity index (χ0) is 7.61. The molecule has 0 amide bonds. The zero-order valence-electron chi connectivity index (χ0n) is 6.16. The monoisotopic (exact) mass is 149 g/mol. The summed E-state index contributed by atoms with van der Waals surface area (Å²) in [6.45, 7) is -0.169. The Bertz CT molecular complexity index is 110. The Morgan fingerprint density at radius 1 is 1.50 bits per heavy atom. The van der Waals surface area contributed by atoms with Crippen molar-refractivity contribution in [3.8, 4) is 0 Å². The summed E-state index contributed by atoms with van der Waals surface area (Å²) in [5, 5.41) is 2.51. The van der Waals surface area contributed by atoms with E-state index in [1.54, 1.807) is 7.05 Å². The van der Waals surface area contributed by atoms with E-state index < -0.39 is 5.92 Å². The second kappa shape index (κ2) is 2.82. The summed E-state index contributed by atoms with van der Waals surface area (Å²) in [7, 11) is 1.56. The van der Waals surface area contributed by atoms with Crippen LogP contribution in [0.15, 0.2) is 0 Å². The van der Waals surface area contributed by atoms with E-state index in [4.69, 9.17) is 0 Å². The van der Waals surface area contributed by atoms with Crippen molar-refractivity contribution in [3.05, 3.63) is 0 Å². The average molecular weight is 149 g/mol. The predicted molar refractivity (Wildman–Crippen MR) is 36.2 cm³/mol. The lowest BCUT2D eigenvalue weighted by Crippen LogP contribution is -2.41. The topological polar surface area (TPSA) is 12.0 Å². The fourth-order valence-electron chi connectivity index (χ4n) is 1.21. The van der Waals surface area contributed by atoms with Crippen LogP contribution in [0.1, 0.15) is 19.3 Å². The molecule has 0 spiro atoms. The average Bonchev–Trinajstić information content (AvgIpc) is 1.56. The molecule has 1 N–H and O–H groups in total. The lowest BCUT2D eigenvalue weighted by molar-refractivity contribution is -0.0832. The van der Waals surface area contributed by atoms with Crippen LogP contribution >= 0.6 is 0 Å². The Kier molecular flexibility index (Phi) is 2.24. The first kappa shape index (κ1) is 7.92. The molecule has 1 saturated carbocycles. The number of alkyl halides is 2. The molecule has 0 heterocycles. The molecule has 0 bridgehead atoms. The highest BCUT2D eigenvalue weighted by molar-refractivity contribution is 4.84. The van der Waals surface area contributed by atoms with Crippen molar-refractivity contribution in [1.29, 1.82) is 0 Å². The highest BCUT2D eigenvalue weighted by atomic mass is 19.3. The van der Waals surface area contributed by atoms with Crippen LogP contribution in [0.5, 0.6) is 0 Å². The SMILES string of the molecule is CNCC(F)(F)C1CCC1. The molecule has 0 unspecified atom stereocenters. The molecule has 10 heavy (non-hydrogen) atoms. The van der Waals surface area contributed by atoms with E-state index in [2.05, 4.69) is 5.32 Å². The van der Waals surface area contributed by atoms with Gasteiger partial charge in [0.05, 0.1) is 6.54 Å². The summed E-state index contributed by atoms with van der Waals surface area (Å²) in [5.41, 5.74) is 0. The third kappa shape index (κ3) is 1.45. The van der Waals surface area contributed by atoms with E-state index in [0.717, 1.165) is 6.42 Å². The quantitative estimate of drug-likeness (QED) is 0.643. The molecule has 0 aromatic rings. The van der Waals surface area contributed by atoms with Crippen molar-refractivity contribution in [2.45, 2.75) is 25.2 Å². The molecule has 1 nitrogen and oxygen atoms in total. The van der Waals surface area contributed by atoms with Crippen molar-refractivity contribution in [2.75, 3.05) is 13.6 Å². The van der Waals surface area contributed by atoms with Gasteiger partial charge in [-0.2, -0.15) is 0 Å². The van der Waals surface area contributed by atoms with Gasteiger partial charge in [0.15, 0.2) is 0 Å². The van der Waals surface area contributed by atoms with Crippen LogP contribution < -0.4 is 5.32 Å². The van der Waals surface area contributed by atoms with E-state index in [9.17, 15) is 8.78 Å². The second-order valence-corrected chi connectivity index (χ2v) is 2.92. The van der Waals surface area contributed by atoms with Crippen LogP contribution in [-0.4, -0.2) is 19.5 Å². The van der Waals surface area contributed by atoms with Gasteiger partial charge < -0.3 is 5.32 Å². The molecule has 0 atom stereocenters. The van der Waals surface area contributed by atoms with Gasteiger partial charge in [0.25, 0.3) is 5.92 Å². The molecule has 1 fully saturated rings. The maximum atomic E-state index is 12.8. The summed E-state index contributed by atoms with van der Waals surface area (Å²) in [5.74, 6) is -2.81. The minimum atomic E-state index is -2.47. The number of hydrogen-bond donors (Lipinski definition) is 1. The maximum absolute atomic E-state index is 12.8. The van der Waals surface area contributed by atoms with Gasteiger partial charge in [-0.1, -0.05) is 6.42 Å². The molecule has 0 aromatic heterocycles. The molecule has 0 saturated heterocycles. The zero-order valence-corrected chi connectivity index (χ0v) is 6.16. The van der Waals surface area contributed by atoms with Crippen molar-refractivity contribution in [3.63, 3.8) is 0 Å². The van der Waals surface area contributed by atoms with Crippen molar-refractivity contribution in [2.24, 2.45) is 5.92 Å². The summed E-state index contributed by atoms with van der Waals surface area (Å²) >= 11 is 0. The molecule has 60 valence electrons. The summed E-state index contributed by atoms with van der Waals surface area (Å²) < 4.78 is 25.6. The molecular formula is C7H13F2N. The fraction of sp³-hybridized carbons (Fsp3) is 1.00. The van der Waals surface area contributed by atoms with E-state index in [0.29, 0.717) is 12.8 Å². The minimum Gasteiger partial charge on any atom is -0.314 e. The van der Waals surface area contributed by atoms with Crippen LogP contribution in [0.25, 0.3) is 0 Å². The first-order chi connectivity index (χ1) is 4.67. The van der Waals surface area contributed by atoms with Gasteiger partial charge in [-0.05, 0) is 19.9 Å². The first-order valence-corrected chi connectivity index (χ1v) is 3.69. The minimum absolute atomic E-state index is 0.169. The Morgan fingerprint density at radius 2 is 2.10 bits per heavy atom. The van der Waals surface area contributed by atoms with Gasteiger partial charge in [0.1, 0.15) is 0 Å². The molecule has 0 radical (unpaired) electrons. The highest BCUT2D eigenvalue weighted by Gasteiger charge is 2.41. The van der Waals surface area contributed by atoms with Gasteiger partial charge in [0, 0.05) is 5.92 Å². The van der Waals surface area contributed by atoms with Crippen molar-refractivity contribution >= 4 is 0 Å². The summed E-state index contributed by atoms with van der Waals surface area (Å²) in [4.78, 5) is 0. The Labute approximate surface area is 59.8 Å². The van der Waals surface area contributed by atoms with Crippen LogP contribution in [0.2, 0.25) is 0 Å². The van der Waals surface area contributed by atoms with E-state index in [-0.39, 0.29) is 12.5 Å². The van der Waals surface area contributed by atoms with Gasteiger partial charge in [-0.25, -0.2) is 8.78 Å². The number of halogens is 2. The molecule has 0 aliphatic heterocycles. The normalized spacial score (nSPS) is 20.7. The van der Waals surface area contributed by atoms with E-state index in [1.165, 1.54) is 0 Å². The summed E-state index contributed by atoms with van der Waals surface area (Å²) in [6.07, 6.45) is 2.38. The molecule has 3 heteroatoms. The van der Waals surface area contributed by atoms with Gasteiger partial charge >= 0.3 is 0 Å². The molecular weight excluding hydrogens is 136 g/mol.